The van der Waals surface area contributed by atoms with Crippen molar-refractivity contribution in [1.82, 2.24) is 10.7 Å². The number of nitrogens with two attached hydrogens (primary N) is 1. The lowest BCUT2D eigenvalue weighted by atomic mass is 10.6. The molecule has 0 amide bonds. The summed E-state index contributed by atoms with van der Waals surface area (Å²) in [5.74, 6) is 5.10. The number of hydrogen-bond acceptors (Lipinski definition) is 8. The first-order chi connectivity index (χ1) is 11.9. The van der Waals surface area contributed by atoms with Crippen LogP contribution in [0.25, 0.3) is 0 Å². The van der Waals surface area contributed by atoms with Gasteiger partial charge in [-0.1, -0.05) is 20.8 Å². The van der Waals surface area contributed by atoms with E-state index in [1.807, 2.05) is 13.8 Å². The lowest BCUT2D eigenvalue weighted by Gasteiger charge is -2.08. The van der Waals surface area contributed by atoms with Crippen molar-refractivity contribution in [3.8, 4) is 0 Å². The maximum Gasteiger partial charge on any atom is 0.0701 e. The summed E-state index contributed by atoms with van der Waals surface area (Å²) in [6, 6.07) is 0. The van der Waals surface area contributed by atoms with E-state index in [1.54, 1.807) is 0 Å². The molecule has 0 aromatic heterocycles. The highest BCUT2D eigenvalue weighted by molar-refractivity contribution is 4.40. The normalized spacial score (nSPS) is 10.5. The van der Waals surface area contributed by atoms with Crippen molar-refractivity contribution in [3.63, 3.8) is 0 Å². The van der Waals surface area contributed by atoms with Crippen LogP contribution in [0.4, 0.5) is 0 Å². The van der Waals surface area contributed by atoms with Gasteiger partial charge in [0.1, 0.15) is 0 Å². The van der Waals surface area contributed by atoms with Crippen LogP contribution in [0.5, 0.6) is 0 Å². The van der Waals surface area contributed by atoms with Crippen molar-refractivity contribution in [3.05, 3.63) is 0 Å². The number of nitrogens with one attached hydrogen (secondary N) is 2. The summed E-state index contributed by atoms with van der Waals surface area (Å²) in [4.78, 5) is 0. The Balaban J connectivity index is 0. The summed E-state index contributed by atoms with van der Waals surface area (Å²) in [7, 11) is 0. The minimum absolute atomic E-state index is 0.562. The first-order valence-electron chi connectivity index (χ1n) is 8.94. The molecule has 0 bridgehead atoms. The summed E-state index contributed by atoms with van der Waals surface area (Å²) >= 11 is 0. The Morgan fingerprint density at radius 1 is 0.583 bits per heavy atom. The second kappa shape index (κ2) is 27.5. The molecule has 0 radical (unpaired) electrons. The molecule has 0 saturated carbocycles. The number of hydrazine groups is 1. The van der Waals surface area contributed by atoms with E-state index in [9.17, 15) is 0 Å². The molecular weight excluding hydrogens is 314 g/mol. The molecule has 0 aliphatic carbocycles. The van der Waals surface area contributed by atoms with Crippen LogP contribution in [0.15, 0.2) is 0 Å². The van der Waals surface area contributed by atoms with Crippen LogP contribution in [0, 0.1) is 0 Å². The Kier molecular flexibility index (Phi) is 29.7. The van der Waals surface area contributed by atoms with E-state index in [2.05, 4.69) is 17.7 Å². The first-order valence-corrected chi connectivity index (χ1v) is 8.94. The molecule has 0 fully saturated rings. The monoisotopic (exact) mass is 353 g/mol. The summed E-state index contributed by atoms with van der Waals surface area (Å²) in [5.41, 5.74) is 2.51. The quantitative estimate of drug-likeness (QED) is 0.172. The van der Waals surface area contributed by atoms with Crippen LogP contribution in [0.1, 0.15) is 20.8 Å². The summed E-state index contributed by atoms with van der Waals surface area (Å²) in [6.45, 7) is 14.5. The molecule has 0 spiro atoms. The van der Waals surface area contributed by atoms with Gasteiger partial charge in [0, 0.05) is 13.1 Å². The van der Waals surface area contributed by atoms with E-state index in [1.165, 1.54) is 0 Å². The third kappa shape index (κ3) is 26.6. The minimum atomic E-state index is 0.562. The average Bonchev–Trinajstić information content (AvgIpc) is 2.62. The molecule has 24 heavy (non-hydrogen) atoms. The van der Waals surface area contributed by atoms with Gasteiger partial charge in [0.2, 0.25) is 0 Å². The molecule has 0 aliphatic heterocycles. The smallest absolute Gasteiger partial charge is 0.0701 e. The summed E-state index contributed by atoms with van der Waals surface area (Å²) in [5, 5.41) is 3.19. The van der Waals surface area contributed by atoms with Crippen molar-refractivity contribution in [2.75, 3.05) is 85.7 Å². The van der Waals surface area contributed by atoms with Crippen LogP contribution >= 0.6 is 0 Å². The van der Waals surface area contributed by atoms with Crippen LogP contribution in [0.3, 0.4) is 0 Å². The Morgan fingerprint density at radius 3 is 1.25 bits per heavy atom. The average molecular weight is 354 g/mol. The van der Waals surface area contributed by atoms with Gasteiger partial charge >= 0.3 is 0 Å². The number of ether oxygens (including phenoxy) is 5. The molecule has 4 N–H and O–H groups in total. The van der Waals surface area contributed by atoms with E-state index in [-0.39, 0.29) is 0 Å². The number of hydrogen-bond donors (Lipinski definition) is 3. The number of likely N-dealkylation sites (N-methyl/N-ethyl adjacent to an activating group) is 1. The zero-order valence-corrected chi connectivity index (χ0v) is 15.8. The molecular formula is C16H39N3O5. The van der Waals surface area contributed by atoms with Crippen molar-refractivity contribution in [2.24, 2.45) is 5.84 Å². The van der Waals surface area contributed by atoms with Gasteiger partial charge in [0.05, 0.1) is 66.1 Å². The fraction of sp³-hybridized carbons (Fsp3) is 1.00. The van der Waals surface area contributed by atoms with Gasteiger partial charge in [0.25, 0.3) is 0 Å². The standard InChI is InChI=1S/C14H33N3O5.C2H6/c1-2-16-3-5-18-7-9-20-11-13-22-14-12-21-10-8-19-6-4-17-15;1-2/h16-17H,2-15H2,1H3;1-2H3. The van der Waals surface area contributed by atoms with E-state index in [0.29, 0.717) is 66.0 Å². The predicted molar refractivity (Wildman–Crippen MR) is 96.2 cm³/mol. The summed E-state index contributed by atoms with van der Waals surface area (Å²) < 4.78 is 26.7. The van der Waals surface area contributed by atoms with Gasteiger partial charge in [-0.3, -0.25) is 11.3 Å². The van der Waals surface area contributed by atoms with Gasteiger partial charge < -0.3 is 29.0 Å². The minimum Gasteiger partial charge on any atom is -0.378 e. The lowest BCUT2D eigenvalue weighted by molar-refractivity contribution is -0.0105. The first kappa shape index (κ1) is 25.9. The Hall–Kier alpha value is -0.320. The van der Waals surface area contributed by atoms with Gasteiger partial charge in [-0.15, -0.1) is 0 Å². The van der Waals surface area contributed by atoms with Crippen LogP contribution in [-0.2, 0) is 23.7 Å². The molecule has 0 aromatic carbocycles. The molecule has 0 unspecified atom stereocenters. The fourth-order valence-corrected chi connectivity index (χ4v) is 1.43. The molecule has 0 rings (SSSR count). The van der Waals surface area contributed by atoms with Gasteiger partial charge in [-0.2, -0.15) is 0 Å². The second-order valence-electron chi connectivity index (χ2n) is 4.37. The third-order valence-electron chi connectivity index (χ3n) is 2.55. The Morgan fingerprint density at radius 2 is 0.917 bits per heavy atom. The highest BCUT2D eigenvalue weighted by Gasteiger charge is 1.93. The zero-order chi connectivity index (χ0) is 18.1. The van der Waals surface area contributed by atoms with Crippen molar-refractivity contribution < 1.29 is 23.7 Å². The molecule has 0 heterocycles. The molecule has 0 aromatic rings. The zero-order valence-electron chi connectivity index (χ0n) is 15.8. The predicted octanol–water partition coefficient (Wildman–Crippen LogP) is 0.168. The van der Waals surface area contributed by atoms with Gasteiger partial charge in [-0.25, -0.2) is 0 Å². The van der Waals surface area contributed by atoms with E-state index in [0.717, 1.165) is 19.7 Å². The van der Waals surface area contributed by atoms with Crippen LogP contribution in [0.2, 0.25) is 0 Å². The van der Waals surface area contributed by atoms with Gasteiger partial charge in [0.15, 0.2) is 0 Å². The Labute approximate surface area is 147 Å². The maximum absolute atomic E-state index is 5.38. The molecule has 148 valence electrons. The number of rotatable bonds is 19. The SMILES string of the molecule is CC.CCNCCOCCOCCOCCOCCOCCNN. The van der Waals surface area contributed by atoms with Crippen LogP contribution in [-0.4, -0.2) is 85.7 Å². The van der Waals surface area contributed by atoms with E-state index < -0.39 is 0 Å². The maximum atomic E-state index is 5.38. The van der Waals surface area contributed by atoms with Crippen molar-refractivity contribution in [2.45, 2.75) is 20.8 Å². The fourth-order valence-electron chi connectivity index (χ4n) is 1.43. The topological polar surface area (TPSA) is 96.2 Å². The molecule has 0 aliphatic rings. The molecule has 0 saturated heterocycles. The highest BCUT2D eigenvalue weighted by atomic mass is 16.6. The van der Waals surface area contributed by atoms with Crippen LogP contribution < -0.4 is 16.6 Å². The highest BCUT2D eigenvalue weighted by Crippen LogP contribution is 1.83. The Bertz CT molecular complexity index is 183. The molecule has 0 atom stereocenters. The molecule has 8 nitrogen and oxygen atoms in total. The summed E-state index contributed by atoms with van der Waals surface area (Å²) in [6.07, 6.45) is 0. The van der Waals surface area contributed by atoms with E-state index in [4.69, 9.17) is 29.5 Å². The van der Waals surface area contributed by atoms with Gasteiger partial charge in [-0.05, 0) is 6.54 Å². The van der Waals surface area contributed by atoms with E-state index >= 15 is 0 Å². The lowest BCUT2D eigenvalue weighted by Crippen LogP contribution is -2.26. The van der Waals surface area contributed by atoms with Crippen molar-refractivity contribution >= 4 is 0 Å². The second-order valence-corrected chi connectivity index (χ2v) is 4.37. The third-order valence-corrected chi connectivity index (χ3v) is 2.55. The van der Waals surface area contributed by atoms with Crippen molar-refractivity contribution in [1.29, 1.82) is 0 Å². The largest absolute Gasteiger partial charge is 0.378 e. The molecule has 8 heteroatoms.